The second kappa shape index (κ2) is 7.50. The molecule has 0 spiro atoms. The maximum absolute atomic E-state index is 12.8. The highest BCUT2D eigenvalue weighted by Crippen LogP contribution is 2.51. The third kappa shape index (κ3) is 3.39. The van der Waals surface area contributed by atoms with E-state index >= 15 is 0 Å². The van der Waals surface area contributed by atoms with E-state index < -0.39 is 53.7 Å². The van der Waals surface area contributed by atoms with Crippen molar-refractivity contribution >= 4 is 23.7 Å². The van der Waals surface area contributed by atoms with E-state index in [0.717, 1.165) is 5.57 Å². The summed E-state index contributed by atoms with van der Waals surface area (Å²) in [5.41, 5.74) is 0.0943. The fourth-order valence-corrected chi connectivity index (χ4v) is 4.71. The first-order chi connectivity index (χ1) is 13.9. The van der Waals surface area contributed by atoms with Crippen molar-refractivity contribution in [3.05, 3.63) is 34.9 Å². The minimum absolute atomic E-state index is 0.145. The van der Waals surface area contributed by atoms with Gasteiger partial charge in [0.15, 0.2) is 5.78 Å². The first-order valence-electron chi connectivity index (χ1n) is 9.79. The molecule has 1 N–H and O–H groups in total. The zero-order chi connectivity index (χ0) is 22.5. The molecule has 8 heteroatoms. The van der Waals surface area contributed by atoms with Gasteiger partial charge < -0.3 is 19.3 Å². The van der Waals surface area contributed by atoms with Gasteiger partial charge in [0, 0.05) is 24.8 Å². The van der Waals surface area contributed by atoms with Crippen LogP contribution >= 0.6 is 0 Å². The van der Waals surface area contributed by atoms with Gasteiger partial charge in [-0.3, -0.25) is 9.59 Å². The molecule has 3 rings (SSSR count). The summed E-state index contributed by atoms with van der Waals surface area (Å²) in [4.78, 5) is 49.8. The van der Waals surface area contributed by atoms with Gasteiger partial charge >= 0.3 is 17.9 Å². The number of aliphatic hydroxyl groups is 1. The van der Waals surface area contributed by atoms with Crippen LogP contribution in [0.15, 0.2) is 34.9 Å². The highest BCUT2D eigenvalue weighted by molar-refractivity contribution is 6.09. The van der Waals surface area contributed by atoms with Crippen LogP contribution < -0.4 is 0 Å². The predicted molar refractivity (Wildman–Crippen MR) is 104 cm³/mol. The molecular formula is C22H26O8. The summed E-state index contributed by atoms with van der Waals surface area (Å²) >= 11 is 0. The summed E-state index contributed by atoms with van der Waals surface area (Å²) in [6.45, 7) is 11.1. The van der Waals surface area contributed by atoms with Crippen LogP contribution in [0, 0.1) is 11.8 Å². The zero-order valence-electron chi connectivity index (χ0n) is 17.7. The van der Waals surface area contributed by atoms with Crippen LogP contribution in [0.5, 0.6) is 0 Å². The molecular weight excluding hydrogens is 392 g/mol. The van der Waals surface area contributed by atoms with Crippen LogP contribution in [0.1, 0.15) is 41.0 Å². The molecule has 0 saturated carbocycles. The number of ketones is 1. The number of rotatable bonds is 4. The fourth-order valence-electron chi connectivity index (χ4n) is 4.71. The molecule has 0 amide bonds. The van der Waals surface area contributed by atoms with E-state index in [9.17, 15) is 24.3 Å². The van der Waals surface area contributed by atoms with Gasteiger partial charge in [0.05, 0.1) is 17.6 Å². The number of ether oxygens (including phenoxy) is 3. The van der Waals surface area contributed by atoms with Crippen LogP contribution in [0.3, 0.4) is 0 Å². The highest BCUT2D eigenvalue weighted by atomic mass is 16.6. The Hall–Kier alpha value is -2.74. The number of carbonyl (C=O) groups is 4. The van der Waals surface area contributed by atoms with E-state index in [1.807, 2.05) is 0 Å². The van der Waals surface area contributed by atoms with Gasteiger partial charge in [0.2, 0.25) is 5.60 Å². The van der Waals surface area contributed by atoms with Crippen molar-refractivity contribution in [2.75, 3.05) is 0 Å². The maximum atomic E-state index is 12.8. The van der Waals surface area contributed by atoms with Crippen LogP contribution in [0.4, 0.5) is 0 Å². The van der Waals surface area contributed by atoms with E-state index in [1.165, 1.54) is 26.8 Å². The van der Waals surface area contributed by atoms with Gasteiger partial charge in [0.25, 0.3) is 0 Å². The molecule has 30 heavy (non-hydrogen) atoms. The number of aliphatic hydroxyl groups excluding tert-OH is 1. The molecule has 8 nitrogen and oxygen atoms in total. The quantitative estimate of drug-likeness (QED) is 0.415. The minimum atomic E-state index is -1.70. The van der Waals surface area contributed by atoms with Gasteiger partial charge in [-0.05, 0) is 33.8 Å². The standard InChI is InChI=1S/C22H26O8/c1-9-7-14(25)16-10(2)8-15(28-20(26)11(3)12(4)23)18-19(17(9)16)29-21(27)22(18,6)30-13(5)24/h7,12,15,17-19,23H,3,8H2,1-2,4-6H3/t12?,15-,17+,18+,19-,22-/m0/s1. The van der Waals surface area contributed by atoms with Crippen molar-refractivity contribution in [2.45, 2.75) is 65.0 Å². The molecule has 1 fully saturated rings. The van der Waals surface area contributed by atoms with Crippen molar-refractivity contribution in [1.82, 2.24) is 0 Å². The Bertz CT molecular complexity index is 908. The molecule has 3 aliphatic rings. The monoisotopic (exact) mass is 418 g/mol. The lowest BCUT2D eigenvalue weighted by Crippen LogP contribution is -2.50. The molecule has 0 bridgehead atoms. The van der Waals surface area contributed by atoms with Gasteiger partial charge in [-0.2, -0.15) is 0 Å². The van der Waals surface area contributed by atoms with Crippen molar-refractivity contribution in [2.24, 2.45) is 11.8 Å². The van der Waals surface area contributed by atoms with Crippen LogP contribution in [-0.2, 0) is 33.4 Å². The van der Waals surface area contributed by atoms with Gasteiger partial charge in [0.1, 0.15) is 12.2 Å². The van der Waals surface area contributed by atoms with Crippen LogP contribution in [0.25, 0.3) is 0 Å². The second-order valence-corrected chi connectivity index (χ2v) is 8.37. The molecule has 6 atom stereocenters. The largest absolute Gasteiger partial charge is 0.458 e. The van der Waals surface area contributed by atoms with Crippen molar-refractivity contribution in [3.63, 3.8) is 0 Å². The molecule has 1 aliphatic heterocycles. The summed E-state index contributed by atoms with van der Waals surface area (Å²) in [6, 6.07) is 0. The Morgan fingerprint density at radius 3 is 2.53 bits per heavy atom. The number of allylic oxidation sites excluding steroid dienone is 1. The zero-order valence-corrected chi connectivity index (χ0v) is 17.7. The molecule has 0 aromatic carbocycles. The minimum Gasteiger partial charge on any atom is -0.458 e. The van der Waals surface area contributed by atoms with Gasteiger partial charge in [-0.25, -0.2) is 9.59 Å². The van der Waals surface area contributed by atoms with E-state index in [2.05, 4.69) is 6.58 Å². The molecule has 1 unspecified atom stereocenters. The SMILES string of the molecule is C=C(C(=O)O[C@H]1CC(C)=C2C(=O)C=C(C)[C@H]2[C@@H]2OC(=O)[C@@](C)(OC(C)=O)[C@@H]21)C(C)O. The second-order valence-electron chi connectivity index (χ2n) is 8.37. The highest BCUT2D eigenvalue weighted by Gasteiger charge is 2.65. The lowest BCUT2D eigenvalue weighted by Gasteiger charge is -2.34. The van der Waals surface area contributed by atoms with Gasteiger partial charge in [-0.1, -0.05) is 17.7 Å². The molecule has 0 radical (unpaired) electrons. The molecule has 0 aromatic heterocycles. The summed E-state index contributed by atoms with van der Waals surface area (Å²) in [5, 5.41) is 9.67. The van der Waals surface area contributed by atoms with Crippen LogP contribution in [-0.4, -0.2) is 52.7 Å². The number of hydrogen-bond donors (Lipinski definition) is 1. The lowest BCUT2D eigenvalue weighted by atomic mass is 9.77. The van der Waals surface area contributed by atoms with E-state index in [4.69, 9.17) is 14.2 Å². The normalized spacial score (nSPS) is 33.7. The molecule has 162 valence electrons. The predicted octanol–water partition coefficient (Wildman–Crippen LogP) is 1.56. The number of esters is 3. The lowest BCUT2D eigenvalue weighted by molar-refractivity contribution is -0.176. The Labute approximate surface area is 174 Å². The summed E-state index contributed by atoms with van der Waals surface area (Å²) in [6.07, 6.45) is -1.25. The number of carbonyl (C=O) groups excluding carboxylic acids is 4. The maximum Gasteiger partial charge on any atom is 0.351 e. The molecule has 0 aromatic rings. The van der Waals surface area contributed by atoms with E-state index in [1.54, 1.807) is 13.8 Å². The summed E-state index contributed by atoms with van der Waals surface area (Å²) < 4.78 is 16.7. The number of hydrogen-bond acceptors (Lipinski definition) is 8. The van der Waals surface area contributed by atoms with E-state index in [-0.39, 0.29) is 17.8 Å². The number of fused-ring (bicyclic) bond motifs is 3. The Morgan fingerprint density at radius 2 is 1.97 bits per heavy atom. The summed E-state index contributed by atoms with van der Waals surface area (Å²) in [7, 11) is 0. The van der Waals surface area contributed by atoms with Crippen molar-refractivity contribution in [3.8, 4) is 0 Å². The average molecular weight is 418 g/mol. The van der Waals surface area contributed by atoms with Gasteiger partial charge in [-0.15, -0.1) is 0 Å². The van der Waals surface area contributed by atoms with Crippen LogP contribution in [0.2, 0.25) is 0 Å². The van der Waals surface area contributed by atoms with Crippen molar-refractivity contribution in [1.29, 1.82) is 0 Å². The molecule has 1 heterocycles. The first kappa shape index (κ1) is 22.0. The fraction of sp³-hybridized carbons (Fsp3) is 0.545. The molecule has 1 saturated heterocycles. The smallest absolute Gasteiger partial charge is 0.351 e. The first-order valence-corrected chi connectivity index (χ1v) is 9.79. The Balaban J connectivity index is 2.10. The molecule has 2 aliphatic carbocycles. The average Bonchev–Trinajstić information content (AvgIpc) is 3.00. The van der Waals surface area contributed by atoms with E-state index in [0.29, 0.717) is 11.1 Å². The Kier molecular flexibility index (Phi) is 5.49. The third-order valence-corrected chi connectivity index (χ3v) is 6.14. The summed E-state index contributed by atoms with van der Waals surface area (Å²) in [5.74, 6) is -3.81. The third-order valence-electron chi connectivity index (χ3n) is 6.14. The Morgan fingerprint density at radius 1 is 1.33 bits per heavy atom. The van der Waals surface area contributed by atoms with Crippen molar-refractivity contribution < 1.29 is 38.5 Å². The topological polar surface area (TPSA) is 116 Å².